The number of allylic oxidation sites excluding steroid dienone is 3. The van der Waals surface area contributed by atoms with Gasteiger partial charge < -0.3 is 11.1 Å². The molecule has 0 rings (SSSR count). The fourth-order valence-electron chi connectivity index (χ4n) is 0.858. The molecule has 0 radical (unpaired) electrons. The number of carbonyl (C=O) groups is 1. The van der Waals surface area contributed by atoms with Gasteiger partial charge in [0.2, 0.25) is 5.96 Å². The first-order chi connectivity index (χ1) is 8.42. The molecule has 0 aromatic rings. The van der Waals surface area contributed by atoms with Gasteiger partial charge in [-0.1, -0.05) is 6.08 Å². The topological polar surface area (TPSA) is 128 Å². The van der Waals surface area contributed by atoms with E-state index in [2.05, 4.69) is 22.0 Å². The van der Waals surface area contributed by atoms with Crippen LogP contribution in [-0.4, -0.2) is 37.6 Å². The summed E-state index contributed by atoms with van der Waals surface area (Å²) in [5.74, 6) is -0.736. The maximum atomic E-state index is 11.3. The van der Waals surface area contributed by atoms with Gasteiger partial charge in [-0.3, -0.25) is 20.6 Å². The van der Waals surface area contributed by atoms with Crippen LogP contribution in [0.4, 0.5) is 0 Å². The first-order valence-corrected chi connectivity index (χ1v) is 4.96. The molecule has 0 fully saturated rings. The number of hydrogen-bond acceptors (Lipinski definition) is 4. The smallest absolute Gasteiger partial charge is 0.269 e. The highest BCUT2D eigenvalue weighted by molar-refractivity contribution is 6.37. The van der Waals surface area contributed by atoms with Crippen molar-refractivity contribution in [2.75, 3.05) is 7.05 Å². The quantitative estimate of drug-likeness (QED) is 0.241. The van der Waals surface area contributed by atoms with Gasteiger partial charge in [-0.25, -0.2) is 4.99 Å². The number of amides is 1. The minimum atomic E-state index is -0.373. The third-order valence-corrected chi connectivity index (χ3v) is 1.88. The van der Waals surface area contributed by atoms with E-state index in [-0.39, 0.29) is 23.3 Å². The van der Waals surface area contributed by atoms with Crippen LogP contribution in [0, 0.1) is 10.8 Å². The van der Waals surface area contributed by atoms with Crippen molar-refractivity contribution < 1.29 is 4.79 Å². The maximum Gasteiger partial charge on any atom is 0.269 e. The fourth-order valence-corrected chi connectivity index (χ4v) is 0.858. The highest BCUT2D eigenvalue weighted by Crippen LogP contribution is 2.00. The van der Waals surface area contributed by atoms with Crippen LogP contribution in [0.15, 0.2) is 33.4 Å². The molecule has 0 spiro atoms. The lowest BCUT2D eigenvalue weighted by molar-refractivity contribution is -0.117. The predicted octanol–water partition coefficient (Wildman–Crippen LogP) is 0.247. The lowest BCUT2D eigenvalue weighted by atomic mass is 10.1. The Morgan fingerprint density at radius 2 is 2.00 bits per heavy atom. The van der Waals surface area contributed by atoms with Crippen molar-refractivity contribution in [2.45, 2.75) is 6.92 Å². The fraction of sp³-hybridized carbons (Fsp3) is 0.182. The molecule has 5 N–H and O–H groups in total. The van der Waals surface area contributed by atoms with Gasteiger partial charge in [0.25, 0.3) is 5.91 Å². The van der Waals surface area contributed by atoms with Crippen molar-refractivity contribution in [1.29, 1.82) is 10.8 Å². The largest absolute Gasteiger partial charge is 0.368 e. The van der Waals surface area contributed by atoms with Crippen LogP contribution in [-0.2, 0) is 4.79 Å². The van der Waals surface area contributed by atoms with Gasteiger partial charge in [0.15, 0.2) is 0 Å². The SMILES string of the molecule is C=N/C(=C\C=C(/C)C(=N)/C=N\C(=N)N)C(=O)NC. The molecule has 0 aliphatic rings. The summed E-state index contributed by atoms with van der Waals surface area (Å²) in [6.07, 6.45) is 4.13. The van der Waals surface area contributed by atoms with Crippen LogP contribution in [0.25, 0.3) is 0 Å². The predicted molar refractivity (Wildman–Crippen MR) is 73.6 cm³/mol. The number of likely N-dealkylation sites (N-methyl/N-ethyl adjacent to an activating group) is 1. The molecule has 0 aliphatic carbocycles. The summed E-state index contributed by atoms with van der Waals surface area (Å²) in [5.41, 5.74) is 5.80. The molecule has 7 heteroatoms. The monoisotopic (exact) mass is 248 g/mol. The number of guanidine groups is 1. The van der Waals surface area contributed by atoms with Gasteiger partial charge in [0, 0.05) is 7.05 Å². The third-order valence-electron chi connectivity index (χ3n) is 1.88. The highest BCUT2D eigenvalue weighted by atomic mass is 16.1. The molecular weight excluding hydrogens is 232 g/mol. The Morgan fingerprint density at radius 1 is 1.39 bits per heavy atom. The second-order valence-corrected chi connectivity index (χ2v) is 3.20. The van der Waals surface area contributed by atoms with E-state index in [1.807, 2.05) is 0 Å². The molecule has 0 aliphatic heterocycles. The number of rotatable bonds is 5. The molecule has 18 heavy (non-hydrogen) atoms. The summed E-state index contributed by atoms with van der Waals surface area (Å²) in [5, 5.41) is 16.9. The van der Waals surface area contributed by atoms with E-state index in [0.717, 1.165) is 6.21 Å². The Hall–Kier alpha value is -2.57. The number of nitrogens with two attached hydrogens (primary N) is 1. The molecule has 0 aromatic heterocycles. The Labute approximate surface area is 105 Å². The lowest BCUT2D eigenvalue weighted by Crippen LogP contribution is -2.18. The molecule has 1 amide bonds. The van der Waals surface area contributed by atoms with Crippen molar-refractivity contribution >= 4 is 30.5 Å². The molecule has 7 nitrogen and oxygen atoms in total. The average Bonchev–Trinajstić information content (AvgIpc) is 2.35. The maximum absolute atomic E-state index is 11.3. The first kappa shape index (κ1) is 15.4. The number of aliphatic imine (C=N–C) groups is 2. The molecule has 0 saturated carbocycles. The van der Waals surface area contributed by atoms with Gasteiger partial charge >= 0.3 is 0 Å². The zero-order chi connectivity index (χ0) is 14.1. The number of carbonyl (C=O) groups excluding carboxylic acids is 1. The van der Waals surface area contributed by atoms with Crippen LogP contribution in [0.5, 0.6) is 0 Å². The van der Waals surface area contributed by atoms with E-state index < -0.39 is 0 Å². The summed E-state index contributed by atoms with van der Waals surface area (Å²) in [7, 11) is 1.49. The van der Waals surface area contributed by atoms with E-state index in [1.165, 1.54) is 19.2 Å². The number of nitrogens with one attached hydrogen (secondary N) is 3. The molecule has 0 unspecified atom stereocenters. The molecule has 0 aromatic carbocycles. The van der Waals surface area contributed by atoms with Gasteiger partial charge in [-0.05, 0) is 25.3 Å². The zero-order valence-electron chi connectivity index (χ0n) is 10.3. The Morgan fingerprint density at radius 3 is 2.44 bits per heavy atom. The van der Waals surface area contributed by atoms with Crippen molar-refractivity contribution in [3.8, 4) is 0 Å². The Balaban J connectivity index is 4.92. The van der Waals surface area contributed by atoms with Gasteiger partial charge in [0.05, 0.1) is 11.9 Å². The van der Waals surface area contributed by atoms with Crippen LogP contribution in [0.3, 0.4) is 0 Å². The van der Waals surface area contributed by atoms with Crippen LogP contribution in [0.2, 0.25) is 0 Å². The van der Waals surface area contributed by atoms with E-state index in [1.54, 1.807) is 6.92 Å². The lowest BCUT2D eigenvalue weighted by Gasteiger charge is -1.99. The van der Waals surface area contributed by atoms with Gasteiger partial charge in [-0.15, -0.1) is 0 Å². The van der Waals surface area contributed by atoms with Crippen LogP contribution < -0.4 is 11.1 Å². The summed E-state index contributed by atoms with van der Waals surface area (Å²) >= 11 is 0. The van der Waals surface area contributed by atoms with Crippen molar-refractivity contribution in [3.05, 3.63) is 23.4 Å². The summed E-state index contributed by atoms with van der Waals surface area (Å²) in [6.45, 7) is 4.94. The molecule has 0 saturated heterocycles. The summed E-state index contributed by atoms with van der Waals surface area (Å²) < 4.78 is 0. The summed E-state index contributed by atoms with van der Waals surface area (Å²) in [6, 6.07) is 0. The van der Waals surface area contributed by atoms with Crippen molar-refractivity contribution in [3.63, 3.8) is 0 Å². The highest BCUT2D eigenvalue weighted by Gasteiger charge is 2.03. The Bertz CT molecular complexity index is 458. The zero-order valence-corrected chi connectivity index (χ0v) is 10.3. The van der Waals surface area contributed by atoms with Gasteiger partial charge in [0.1, 0.15) is 5.70 Å². The molecule has 0 bridgehead atoms. The molecular formula is C11H16N6O. The standard InChI is InChI=1S/C11H16N6O/c1-7(8(12)6-17-11(13)14)4-5-9(15-2)10(18)16-3/h4-6,12H,2H2,1,3H3,(H3,13,14)(H,16,18)/b7-4+,9-5-,12-8?,17-6-. The van der Waals surface area contributed by atoms with Gasteiger partial charge in [-0.2, -0.15) is 0 Å². The minimum Gasteiger partial charge on any atom is -0.368 e. The van der Waals surface area contributed by atoms with Crippen molar-refractivity contribution in [1.82, 2.24) is 5.32 Å². The van der Waals surface area contributed by atoms with Crippen molar-refractivity contribution in [2.24, 2.45) is 15.7 Å². The van der Waals surface area contributed by atoms with Crippen LogP contribution in [0.1, 0.15) is 6.92 Å². The molecule has 0 atom stereocenters. The first-order valence-electron chi connectivity index (χ1n) is 4.96. The minimum absolute atomic E-state index is 0.0850. The molecule has 96 valence electrons. The second-order valence-electron chi connectivity index (χ2n) is 3.20. The normalized spacial score (nSPS) is 12.3. The third kappa shape index (κ3) is 5.50. The van der Waals surface area contributed by atoms with E-state index in [0.29, 0.717) is 5.57 Å². The number of hydrogen-bond donors (Lipinski definition) is 4. The summed E-state index contributed by atoms with van der Waals surface area (Å²) in [4.78, 5) is 18.3. The second kappa shape index (κ2) is 7.66. The Kier molecular flexibility index (Phi) is 6.57. The number of nitrogens with zero attached hydrogens (tertiary/aromatic N) is 2. The van der Waals surface area contributed by atoms with E-state index in [9.17, 15) is 4.79 Å². The average molecular weight is 248 g/mol. The van der Waals surface area contributed by atoms with Crippen LogP contribution >= 0.6 is 0 Å². The molecule has 0 heterocycles. The van der Waals surface area contributed by atoms with E-state index in [4.69, 9.17) is 16.6 Å². The van der Waals surface area contributed by atoms with E-state index >= 15 is 0 Å².